The van der Waals surface area contributed by atoms with Crippen LogP contribution < -0.4 is 0 Å². The summed E-state index contributed by atoms with van der Waals surface area (Å²) in [5.74, 6) is 1.58. The molecule has 0 N–H and O–H groups in total. The number of Topliss-reactive ketones (excluding diaryl/α,β-unsaturated/α-hetero) is 1. The molecule has 0 amide bonds. The molecule has 0 spiro atoms. The number of carbonyl (C=O) groups is 1. The van der Waals surface area contributed by atoms with E-state index in [1.165, 1.54) is 16.9 Å². The molecule has 2 nitrogen and oxygen atoms in total. The first-order valence-corrected chi connectivity index (χ1v) is 6.78. The van der Waals surface area contributed by atoms with Crippen LogP contribution in [0.5, 0.6) is 0 Å². The highest BCUT2D eigenvalue weighted by molar-refractivity contribution is 5.93. The van der Waals surface area contributed by atoms with Crippen molar-refractivity contribution in [1.82, 2.24) is 0 Å². The minimum Gasteiger partial charge on any atom is -0.494 e. The molecule has 0 bridgehead atoms. The molecule has 92 valence electrons. The molecule has 2 atom stereocenters. The predicted molar refractivity (Wildman–Crippen MR) is 66.5 cm³/mol. The molecule has 0 saturated carbocycles. The number of ether oxygens (including phenoxy) is 1. The van der Waals surface area contributed by atoms with Crippen LogP contribution in [0.4, 0.5) is 0 Å². The van der Waals surface area contributed by atoms with Crippen molar-refractivity contribution < 1.29 is 9.53 Å². The Balaban J connectivity index is 1.96. The van der Waals surface area contributed by atoms with Crippen molar-refractivity contribution in [2.75, 3.05) is 0 Å². The molecule has 0 saturated heterocycles. The van der Waals surface area contributed by atoms with Crippen molar-refractivity contribution in [3.8, 4) is 0 Å². The highest BCUT2D eigenvalue weighted by atomic mass is 16.5. The van der Waals surface area contributed by atoms with Gasteiger partial charge in [-0.15, -0.1) is 0 Å². The van der Waals surface area contributed by atoms with Crippen LogP contribution in [-0.2, 0) is 9.53 Å². The van der Waals surface area contributed by atoms with Crippen molar-refractivity contribution in [3.05, 3.63) is 23.0 Å². The van der Waals surface area contributed by atoms with Gasteiger partial charge in [0.2, 0.25) is 0 Å². The first-order chi connectivity index (χ1) is 8.15. The number of rotatable bonds is 1. The number of hydrogen-bond donors (Lipinski definition) is 0. The molecule has 0 aromatic heterocycles. The highest BCUT2D eigenvalue weighted by Gasteiger charge is 2.46. The largest absolute Gasteiger partial charge is 0.494 e. The van der Waals surface area contributed by atoms with E-state index < -0.39 is 0 Å². The van der Waals surface area contributed by atoms with Gasteiger partial charge < -0.3 is 4.74 Å². The van der Waals surface area contributed by atoms with E-state index in [-0.39, 0.29) is 5.41 Å². The molecule has 0 radical (unpaired) electrons. The maximum atomic E-state index is 12.0. The first kappa shape index (κ1) is 11.1. The summed E-state index contributed by atoms with van der Waals surface area (Å²) in [6.45, 7) is 4.30. The molecule has 3 rings (SSSR count). The predicted octanol–water partition coefficient (Wildman–Crippen LogP) is 3.53. The van der Waals surface area contributed by atoms with Crippen molar-refractivity contribution >= 4 is 5.78 Å². The van der Waals surface area contributed by atoms with Gasteiger partial charge in [0.25, 0.3) is 0 Å². The van der Waals surface area contributed by atoms with Gasteiger partial charge in [0.05, 0.1) is 17.3 Å². The van der Waals surface area contributed by atoms with E-state index in [9.17, 15) is 4.79 Å². The number of fused-ring (bicyclic) bond motifs is 2. The molecule has 17 heavy (non-hydrogen) atoms. The van der Waals surface area contributed by atoms with Crippen LogP contribution in [0.1, 0.15) is 52.4 Å². The lowest BCUT2D eigenvalue weighted by Gasteiger charge is -2.38. The summed E-state index contributed by atoms with van der Waals surface area (Å²) in [6.07, 6.45) is 8.35. The number of ketones is 1. The van der Waals surface area contributed by atoms with E-state index in [4.69, 9.17) is 4.74 Å². The maximum absolute atomic E-state index is 12.0. The van der Waals surface area contributed by atoms with Gasteiger partial charge in [-0.05, 0) is 43.8 Å². The maximum Gasteiger partial charge on any atom is 0.146 e. The average molecular weight is 232 g/mol. The van der Waals surface area contributed by atoms with Crippen LogP contribution in [0, 0.1) is 5.41 Å². The molecular formula is C15H20O2. The Morgan fingerprint density at radius 3 is 3.06 bits per heavy atom. The summed E-state index contributed by atoms with van der Waals surface area (Å²) < 4.78 is 6.06. The Bertz CT molecular complexity index is 430. The fourth-order valence-corrected chi connectivity index (χ4v) is 3.45. The summed E-state index contributed by atoms with van der Waals surface area (Å²) in [6, 6.07) is 0. The topological polar surface area (TPSA) is 26.3 Å². The van der Waals surface area contributed by atoms with Gasteiger partial charge in [0, 0.05) is 12.8 Å². The molecule has 1 heterocycles. The van der Waals surface area contributed by atoms with Gasteiger partial charge in [0.15, 0.2) is 0 Å². The van der Waals surface area contributed by atoms with E-state index in [1.54, 1.807) is 0 Å². The lowest BCUT2D eigenvalue weighted by molar-refractivity contribution is -0.124. The SMILES string of the molecule is CCC1CCC2=C(CC[C@]3(C)C(=O)CC=C23)O1. The molecule has 1 aliphatic heterocycles. The molecule has 2 aliphatic carbocycles. The second kappa shape index (κ2) is 3.72. The molecule has 0 fully saturated rings. The fourth-order valence-electron chi connectivity index (χ4n) is 3.45. The van der Waals surface area contributed by atoms with Crippen molar-refractivity contribution in [1.29, 1.82) is 0 Å². The number of allylic oxidation sites excluding steroid dienone is 4. The lowest BCUT2D eigenvalue weighted by atomic mass is 9.70. The molecule has 1 unspecified atom stereocenters. The Hall–Kier alpha value is -1.05. The van der Waals surface area contributed by atoms with E-state index in [0.717, 1.165) is 32.1 Å². The minimum absolute atomic E-state index is 0.193. The normalized spacial score (nSPS) is 36.2. The third kappa shape index (κ3) is 1.50. The molecule has 0 aromatic carbocycles. The van der Waals surface area contributed by atoms with Crippen LogP contribution in [0.15, 0.2) is 23.0 Å². The molecule has 0 aromatic rings. The average Bonchev–Trinajstić information content (AvgIpc) is 2.65. The zero-order valence-corrected chi connectivity index (χ0v) is 10.7. The zero-order valence-electron chi connectivity index (χ0n) is 10.7. The summed E-state index contributed by atoms with van der Waals surface area (Å²) >= 11 is 0. The van der Waals surface area contributed by atoms with E-state index in [1.807, 2.05) is 0 Å². The number of hydrogen-bond acceptors (Lipinski definition) is 2. The van der Waals surface area contributed by atoms with Crippen molar-refractivity contribution in [2.24, 2.45) is 5.41 Å². The third-order valence-electron chi connectivity index (χ3n) is 4.70. The minimum atomic E-state index is -0.193. The standard InChI is InChI=1S/C15H20O2/c1-3-10-4-5-11-12-6-7-14(16)15(12,2)9-8-13(11)17-10/h6,10H,3-5,7-9H2,1-2H3/t10?,15-/m0/s1. The van der Waals surface area contributed by atoms with E-state index in [2.05, 4.69) is 19.9 Å². The third-order valence-corrected chi connectivity index (χ3v) is 4.70. The van der Waals surface area contributed by atoms with Crippen LogP contribution >= 0.6 is 0 Å². The highest BCUT2D eigenvalue weighted by Crippen LogP contribution is 2.51. The van der Waals surface area contributed by atoms with Crippen molar-refractivity contribution in [2.45, 2.75) is 58.5 Å². The fraction of sp³-hybridized carbons (Fsp3) is 0.667. The van der Waals surface area contributed by atoms with Crippen LogP contribution in [0.25, 0.3) is 0 Å². The monoisotopic (exact) mass is 232 g/mol. The first-order valence-electron chi connectivity index (χ1n) is 6.78. The van der Waals surface area contributed by atoms with Gasteiger partial charge in [-0.2, -0.15) is 0 Å². The lowest BCUT2D eigenvalue weighted by Crippen LogP contribution is -2.32. The second-order valence-corrected chi connectivity index (χ2v) is 5.67. The summed E-state index contributed by atoms with van der Waals surface area (Å²) in [4.78, 5) is 12.0. The summed E-state index contributed by atoms with van der Waals surface area (Å²) in [7, 11) is 0. The molecule has 2 heteroatoms. The summed E-state index contributed by atoms with van der Waals surface area (Å²) in [5, 5.41) is 0. The van der Waals surface area contributed by atoms with Gasteiger partial charge in [-0.3, -0.25) is 4.79 Å². The Kier molecular flexibility index (Phi) is 2.42. The number of carbonyl (C=O) groups excluding carboxylic acids is 1. The Morgan fingerprint density at radius 2 is 2.29 bits per heavy atom. The Morgan fingerprint density at radius 1 is 1.47 bits per heavy atom. The van der Waals surface area contributed by atoms with Crippen LogP contribution in [0.2, 0.25) is 0 Å². The van der Waals surface area contributed by atoms with Gasteiger partial charge in [-0.25, -0.2) is 0 Å². The van der Waals surface area contributed by atoms with E-state index >= 15 is 0 Å². The smallest absolute Gasteiger partial charge is 0.146 e. The quantitative estimate of drug-likeness (QED) is 0.691. The van der Waals surface area contributed by atoms with Gasteiger partial charge in [-0.1, -0.05) is 13.0 Å². The van der Waals surface area contributed by atoms with Crippen molar-refractivity contribution in [3.63, 3.8) is 0 Å². The molecule has 3 aliphatic rings. The summed E-state index contributed by atoms with van der Waals surface area (Å²) in [5.41, 5.74) is 2.45. The van der Waals surface area contributed by atoms with Gasteiger partial charge >= 0.3 is 0 Å². The zero-order chi connectivity index (χ0) is 12.0. The molecular weight excluding hydrogens is 212 g/mol. The van der Waals surface area contributed by atoms with E-state index in [0.29, 0.717) is 18.3 Å². The Labute approximate surface area is 103 Å². The van der Waals surface area contributed by atoms with Gasteiger partial charge in [0.1, 0.15) is 5.78 Å². The van der Waals surface area contributed by atoms with Crippen LogP contribution in [-0.4, -0.2) is 11.9 Å². The van der Waals surface area contributed by atoms with Crippen LogP contribution in [0.3, 0.4) is 0 Å². The second-order valence-electron chi connectivity index (χ2n) is 5.67.